The van der Waals surface area contributed by atoms with Gasteiger partial charge in [-0.15, -0.1) is 0 Å². The fraction of sp³-hybridized carbons (Fsp3) is 0.222. The minimum atomic E-state index is -4.99. The number of carbonyl (C=O) groups excluding carboxylic acids is 2. The van der Waals surface area contributed by atoms with E-state index in [1.807, 2.05) is 26.0 Å². The molecule has 138 valence electrons. The first-order valence-corrected chi connectivity index (χ1v) is 7.64. The summed E-state index contributed by atoms with van der Waals surface area (Å²) < 4.78 is 42.3. The van der Waals surface area contributed by atoms with Crippen molar-refractivity contribution < 1.29 is 27.5 Å². The first kappa shape index (κ1) is 19.3. The molecular formula is C18H17F3N2O3. The van der Waals surface area contributed by atoms with Gasteiger partial charge in [0.1, 0.15) is 5.75 Å². The molecule has 0 fully saturated rings. The third-order valence-corrected chi connectivity index (χ3v) is 3.58. The maximum Gasteiger partial charge on any atom is 0.471 e. The first-order valence-electron chi connectivity index (χ1n) is 7.64. The molecule has 0 atom stereocenters. The molecule has 5 nitrogen and oxygen atoms in total. The number of anilines is 2. The van der Waals surface area contributed by atoms with Crippen LogP contribution in [-0.2, 0) is 9.59 Å². The molecule has 2 rings (SSSR count). The van der Waals surface area contributed by atoms with E-state index in [-0.39, 0.29) is 18.0 Å². The van der Waals surface area contributed by atoms with Gasteiger partial charge in [0.05, 0.1) is 0 Å². The number of hydrogen-bond acceptors (Lipinski definition) is 3. The van der Waals surface area contributed by atoms with Gasteiger partial charge in [0, 0.05) is 11.4 Å². The van der Waals surface area contributed by atoms with Crippen molar-refractivity contribution in [3.63, 3.8) is 0 Å². The van der Waals surface area contributed by atoms with Gasteiger partial charge in [-0.3, -0.25) is 9.59 Å². The van der Waals surface area contributed by atoms with E-state index in [1.54, 1.807) is 11.4 Å². The number of alkyl halides is 3. The molecular weight excluding hydrogens is 349 g/mol. The third-order valence-electron chi connectivity index (χ3n) is 3.58. The average molecular weight is 366 g/mol. The van der Waals surface area contributed by atoms with Gasteiger partial charge in [-0.05, 0) is 49.2 Å². The number of benzene rings is 2. The van der Waals surface area contributed by atoms with Crippen LogP contribution in [0.2, 0.25) is 0 Å². The molecule has 0 bridgehead atoms. The summed E-state index contributed by atoms with van der Waals surface area (Å²) in [5, 5.41) is 4.22. The molecule has 2 aromatic rings. The molecule has 26 heavy (non-hydrogen) atoms. The Bertz CT molecular complexity index is 820. The Kier molecular flexibility index (Phi) is 5.86. The van der Waals surface area contributed by atoms with Gasteiger partial charge in [-0.25, -0.2) is 0 Å². The predicted octanol–water partition coefficient (Wildman–Crippen LogP) is 3.82. The first-order chi connectivity index (χ1) is 12.2. The molecule has 2 amide bonds. The van der Waals surface area contributed by atoms with Crippen LogP contribution in [0.25, 0.3) is 0 Å². The lowest BCUT2D eigenvalue weighted by Crippen LogP contribution is -2.30. The van der Waals surface area contributed by atoms with Crippen molar-refractivity contribution in [2.75, 3.05) is 17.2 Å². The number of halogens is 3. The van der Waals surface area contributed by atoms with Crippen molar-refractivity contribution in [2.45, 2.75) is 20.0 Å². The van der Waals surface area contributed by atoms with Crippen LogP contribution in [-0.4, -0.2) is 24.6 Å². The van der Waals surface area contributed by atoms with Gasteiger partial charge in [0.15, 0.2) is 6.61 Å². The molecule has 0 aliphatic rings. The van der Waals surface area contributed by atoms with E-state index in [9.17, 15) is 22.8 Å². The highest BCUT2D eigenvalue weighted by Gasteiger charge is 2.38. The lowest BCUT2D eigenvalue weighted by atomic mass is 10.1. The Morgan fingerprint density at radius 3 is 2.27 bits per heavy atom. The van der Waals surface area contributed by atoms with Crippen molar-refractivity contribution in [2.24, 2.45) is 0 Å². The predicted molar refractivity (Wildman–Crippen MR) is 91.2 cm³/mol. The second kappa shape index (κ2) is 7.90. The molecule has 0 unspecified atom stereocenters. The normalized spacial score (nSPS) is 11.0. The summed E-state index contributed by atoms with van der Waals surface area (Å²) in [5.41, 5.74) is 2.09. The highest BCUT2D eigenvalue weighted by atomic mass is 19.4. The summed E-state index contributed by atoms with van der Waals surface area (Å²) in [6, 6.07) is 10.9. The fourth-order valence-corrected chi connectivity index (χ4v) is 2.10. The van der Waals surface area contributed by atoms with Crippen molar-refractivity contribution in [1.29, 1.82) is 0 Å². The summed E-state index contributed by atoms with van der Waals surface area (Å²) >= 11 is 0. The molecule has 0 aromatic heterocycles. The summed E-state index contributed by atoms with van der Waals surface area (Å²) in [4.78, 5) is 22.9. The Morgan fingerprint density at radius 1 is 1.00 bits per heavy atom. The lowest BCUT2D eigenvalue weighted by Gasteiger charge is -2.12. The van der Waals surface area contributed by atoms with Gasteiger partial charge >= 0.3 is 12.1 Å². The largest absolute Gasteiger partial charge is 0.483 e. The zero-order chi connectivity index (χ0) is 19.3. The molecule has 0 saturated carbocycles. The zero-order valence-corrected chi connectivity index (χ0v) is 14.1. The summed E-state index contributed by atoms with van der Waals surface area (Å²) in [7, 11) is 0. The van der Waals surface area contributed by atoms with E-state index in [0.717, 1.165) is 11.1 Å². The zero-order valence-electron chi connectivity index (χ0n) is 14.1. The summed E-state index contributed by atoms with van der Waals surface area (Å²) in [6.45, 7) is 3.53. The molecule has 0 heterocycles. The Morgan fingerprint density at radius 2 is 1.62 bits per heavy atom. The second-order valence-corrected chi connectivity index (χ2v) is 5.57. The number of rotatable bonds is 5. The van der Waals surface area contributed by atoms with Gasteiger partial charge in [0.2, 0.25) is 0 Å². The van der Waals surface area contributed by atoms with Crippen LogP contribution in [0, 0.1) is 13.8 Å². The van der Waals surface area contributed by atoms with Crippen LogP contribution >= 0.6 is 0 Å². The lowest BCUT2D eigenvalue weighted by molar-refractivity contribution is -0.167. The monoisotopic (exact) mass is 366 g/mol. The molecule has 0 spiro atoms. The molecule has 0 saturated heterocycles. The minimum Gasteiger partial charge on any atom is -0.483 e. The second-order valence-electron chi connectivity index (χ2n) is 5.57. The number of hydrogen-bond donors (Lipinski definition) is 2. The molecule has 0 aliphatic carbocycles. The summed E-state index contributed by atoms with van der Waals surface area (Å²) in [6.07, 6.45) is -4.99. The summed E-state index contributed by atoms with van der Waals surface area (Å²) in [5.74, 6) is -1.99. The van der Waals surface area contributed by atoms with Crippen molar-refractivity contribution in [3.05, 3.63) is 53.6 Å². The molecule has 8 heteroatoms. The standard InChI is InChI=1S/C18H17F3N2O3/c1-11-5-3-8-15(12(11)2)26-10-16(24)22-13-6-4-7-14(9-13)23-17(25)18(19,20)21/h3-9H,10H2,1-2H3,(H,22,24)(H,23,25). The van der Waals surface area contributed by atoms with E-state index in [2.05, 4.69) is 5.32 Å². The Hall–Kier alpha value is -3.03. The van der Waals surface area contributed by atoms with Crippen LogP contribution in [0.15, 0.2) is 42.5 Å². The van der Waals surface area contributed by atoms with Crippen LogP contribution in [0.3, 0.4) is 0 Å². The van der Waals surface area contributed by atoms with Gasteiger partial charge in [0.25, 0.3) is 5.91 Å². The van der Waals surface area contributed by atoms with Crippen LogP contribution < -0.4 is 15.4 Å². The molecule has 0 aliphatic heterocycles. The van der Waals surface area contributed by atoms with E-state index in [4.69, 9.17) is 4.74 Å². The van der Waals surface area contributed by atoms with Crippen LogP contribution in [0.1, 0.15) is 11.1 Å². The highest BCUT2D eigenvalue weighted by molar-refractivity contribution is 5.96. The third kappa shape index (κ3) is 5.23. The van der Waals surface area contributed by atoms with Crippen molar-refractivity contribution >= 4 is 23.2 Å². The Balaban J connectivity index is 1.96. The number of carbonyl (C=O) groups is 2. The number of nitrogens with one attached hydrogen (secondary N) is 2. The van der Waals surface area contributed by atoms with Crippen LogP contribution in [0.4, 0.5) is 24.5 Å². The maximum atomic E-state index is 12.3. The smallest absolute Gasteiger partial charge is 0.471 e. The number of amides is 2. The van der Waals surface area contributed by atoms with Gasteiger partial charge in [-0.2, -0.15) is 13.2 Å². The fourth-order valence-electron chi connectivity index (χ4n) is 2.10. The minimum absolute atomic E-state index is 0.0828. The molecule has 2 aromatic carbocycles. The van der Waals surface area contributed by atoms with E-state index < -0.39 is 18.0 Å². The quantitative estimate of drug-likeness (QED) is 0.845. The maximum absolute atomic E-state index is 12.3. The van der Waals surface area contributed by atoms with Gasteiger partial charge < -0.3 is 15.4 Å². The number of aryl methyl sites for hydroxylation is 1. The van der Waals surface area contributed by atoms with E-state index in [0.29, 0.717) is 5.75 Å². The Labute approximate surface area is 148 Å². The number of ether oxygens (including phenoxy) is 1. The molecule has 0 radical (unpaired) electrons. The SMILES string of the molecule is Cc1cccc(OCC(=O)Nc2cccc(NC(=O)C(F)(F)F)c2)c1C. The van der Waals surface area contributed by atoms with Crippen molar-refractivity contribution in [1.82, 2.24) is 0 Å². The van der Waals surface area contributed by atoms with Crippen LogP contribution in [0.5, 0.6) is 5.75 Å². The molecule has 2 N–H and O–H groups in total. The average Bonchev–Trinajstić information content (AvgIpc) is 2.55. The highest BCUT2D eigenvalue weighted by Crippen LogP contribution is 2.22. The van der Waals surface area contributed by atoms with Crippen molar-refractivity contribution in [3.8, 4) is 5.75 Å². The topological polar surface area (TPSA) is 67.4 Å². The van der Waals surface area contributed by atoms with E-state index in [1.165, 1.54) is 24.3 Å². The van der Waals surface area contributed by atoms with E-state index >= 15 is 0 Å². The van der Waals surface area contributed by atoms with Gasteiger partial charge in [-0.1, -0.05) is 18.2 Å².